The summed E-state index contributed by atoms with van der Waals surface area (Å²) >= 11 is 0. The highest BCUT2D eigenvalue weighted by Gasteiger charge is 2.36. The summed E-state index contributed by atoms with van der Waals surface area (Å²) in [5, 5.41) is 36.7. The lowest BCUT2D eigenvalue weighted by molar-refractivity contribution is -0.109. The first kappa shape index (κ1) is 10.9. The molecule has 0 amide bonds. The molecule has 0 aromatic carbocycles. The van der Waals surface area contributed by atoms with Crippen molar-refractivity contribution in [1.82, 2.24) is 0 Å². The second-order valence-corrected chi connectivity index (χ2v) is 3.18. The summed E-state index contributed by atoms with van der Waals surface area (Å²) in [6.07, 6.45) is -4.67. The summed E-state index contributed by atoms with van der Waals surface area (Å²) in [6, 6.07) is -0.779. The van der Waals surface area contributed by atoms with E-state index in [2.05, 4.69) is 0 Å². The normalized spacial score (nSPS) is 47.2. The molecule has 5 nitrogen and oxygen atoms in total. The summed E-state index contributed by atoms with van der Waals surface area (Å²) in [5.41, 5.74) is 0. The molecule has 1 rings (SSSR count). The third kappa shape index (κ3) is 2.42. The fourth-order valence-electron chi connectivity index (χ4n) is 1.34. The van der Waals surface area contributed by atoms with Gasteiger partial charge < -0.3 is 25.2 Å². The molecule has 0 bridgehead atoms. The standard InChI is InChI=1S/C7H13BO5/c8-5-1-3(10)6(11)7(12)4(2-9)13-5/h3-7,9-12H,1-2H2/t3-,4-,5?,6-,7-/m1/s1. The van der Waals surface area contributed by atoms with Crippen LogP contribution in [-0.4, -0.2) is 65.3 Å². The predicted molar refractivity (Wildman–Crippen MR) is 44.1 cm³/mol. The van der Waals surface area contributed by atoms with E-state index in [0.717, 1.165) is 0 Å². The lowest BCUT2D eigenvalue weighted by Crippen LogP contribution is -2.44. The van der Waals surface area contributed by atoms with Crippen LogP contribution in [0.3, 0.4) is 0 Å². The van der Waals surface area contributed by atoms with Crippen molar-refractivity contribution in [2.24, 2.45) is 0 Å². The van der Waals surface area contributed by atoms with Gasteiger partial charge in [-0.15, -0.1) is 0 Å². The highest BCUT2D eigenvalue weighted by molar-refractivity contribution is 6.11. The molecule has 0 aromatic heterocycles. The maximum absolute atomic E-state index is 9.36. The minimum atomic E-state index is -1.33. The molecule has 74 valence electrons. The third-order valence-electron chi connectivity index (χ3n) is 2.13. The first-order valence-corrected chi connectivity index (χ1v) is 4.12. The monoisotopic (exact) mass is 188 g/mol. The minimum absolute atomic E-state index is 0.0364. The van der Waals surface area contributed by atoms with Crippen LogP contribution in [0.1, 0.15) is 6.42 Å². The van der Waals surface area contributed by atoms with Gasteiger partial charge in [0.05, 0.1) is 12.7 Å². The molecule has 5 atom stereocenters. The number of hydrogen-bond acceptors (Lipinski definition) is 5. The summed E-state index contributed by atoms with van der Waals surface area (Å²) in [6.45, 7) is -0.446. The second kappa shape index (κ2) is 4.39. The van der Waals surface area contributed by atoms with Gasteiger partial charge in [0.15, 0.2) is 0 Å². The second-order valence-electron chi connectivity index (χ2n) is 3.18. The van der Waals surface area contributed by atoms with Crippen LogP contribution >= 0.6 is 0 Å². The van der Waals surface area contributed by atoms with Crippen LogP contribution in [0.4, 0.5) is 0 Å². The van der Waals surface area contributed by atoms with Crippen molar-refractivity contribution in [2.45, 2.75) is 36.8 Å². The van der Waals surface area contributed by atoms with E-state index < -0.39 is 37.0 Å². The van der Waals surface area contributed by atoms with Gasteiger partial charge in [-0.05, 0) is 6.42 Å². The summed E-state index contributed by atoms with van der Waals surface area (Å²) in [7, 11) is 5.40. The maximum Gasteiger partial charge on any atom is 0.111 e. The Kier molecular flexibility index (Phi) is 3.69. The third-order valence-corrected chi connectivity index (χ3v) is 2.13. The molecule has 6 heteroatoms. The van der Waals surface area contributed by atoms with Gasteiger partial charge in [0.1, 0.15) is 26.2 Å². The zero-order valence-corrected chi connectivity index (χ0v) is 7.08. The number of rotatable bonds is 1. The Labute approximate surface area is 77.4 Å². The van der Waals surface area contributed by atoms with Gasteiger partial charge in [0.25, 0.3) is 0 Å². The number of aliphatic hydroxyl groups excluding tert-OH is 4. The van der Waals surface area contributed by atoms with Crippen molar-refractivity contribution >= 4 is 7.85 Å². The molecule has 0 aliphatic carbocycles. The highest BCUT2D eigenvalue weighted by Crippen LogP contribution is 2.18. The molecule has 0 aromatic rings. The Morgan fingerprint density at radius 2 is 1.85 bits per heavy atom. The molecular weight excluding hydrogens is 175 g/mol. The first-order chi connectivity index (χ1) is 6.06. The molecule has 1 aliphatic rings. The number of aliphatic hydroxyl groups is 4. The van der Waals surface area contributed by atoms with Crippen molar-refractivity contribution in [3.8, 4) is 0 Å². The fourth-order valence-corrected chi connectivity index (χ4v) is 1.34. The number of hydrogen-bond donors (Lipinski definition) is 4. The zero-order chi connectivity index (χ0) is 10.0. The van der Waals surface area contributed by atoms with Crippen molar-refractivity contribution in [2.75, 3.05) is 6.61 Å². The van der Waals surface area contributed by atoms with E-state index in [0.29, 0.717) is 0 Å². The van der Waals surface area contributed by atoms with Crippen LogP contribution < -0.4 is 0 Å². The Morgan fingerprint density at radius 1 is 1.23 bits per heavy atom. The van der Waals surface area contributed by atoms with E-state index in [1.54, 1.807) is 0 Å². The van der Waals surface area contributed by atoms with Crippen molar-refractivity contribution in [3.05, 3.63) is 0 Å². The van der Waals surface area contributed by atoms with E-state index in [9.17, 15) is 15.3 Å². The molecule has 1 heterocycles. The molecule has 4 N–H and O–H groups in total. The average Bonchev–Trinajstić information content (AvgIpc) is 2.18. The molecule has 13 heavy (non-hydrogen) atoms. The lowest BCUT2D eigenvalue weighted by atomic mass is 9.92. The number of ether oxygens (including phenoxy) is 1. The first-order valence-electron chi connectivity index (χ1n) is 4.12. The Balaban J connectivity index is 2.69. The molecule has 1 saturated heterocycles. The minimum Gasteiger partial charge on any atom is -0.394 e. The molecule has 0 saturated carbocycles. The topological polar surface area (TPSA) is 90.2 Å². The molecular formula is C7H13BO5. The van der Waals surface area contributed by atoms with Crippen LogP contribution in [0.25, 0.3) is 0 Å². The smallest absolute Gasteiger partial charge is 0.111 e. The predicted octanol–water partition coefficient (Wildman–Crippen LogP) is -2.66. The molecule has 2 radical (unpaired) electrons. The van der Waals surface area contributed by atoms with E-state index >= 15 is 0 Å². The van der Waals surface area contributed by atoms with Gasteiger partial charge >= 0.3 is 0 Å². The summed E-state index contributed by atoms with van der Waals surface area (Å²) in [4.78, 5) is 0. The van der Waals surface area contributed by atoms with Gasteiger partial charge in [-0.2, -0.15) is 0 Å². The van der Waals surface area contributed by atoms with E-state index in [4.69, 9.17) is 17.7 Å². The molecule has 0 spiro atoms. The van der Waals surface area contributed by atoms with Gasteiger partial charge in [0.2, 0.25) is 0 Å². The van der Waals surface area contributed by atoms with Crippen molar-refractivity contribution in [1.29, 1.82) is 0 Å². The highest BCUT2D eigenvalue weighted by atomic mass is 16.5. The Bertz CT molecular complexity index is 167. The van der Waals surface area contributed by atoms with Crippen LogP contribution in [-0.2, 0) is 4.74 Å². The summed E-state index contributed by atoms with van der Waals surface area (Å²) in [5.74, 6) is 0. The van der Waals surface area contributed by atoms with Gasteiger partial charge in [0, 0.05) is 6.00 Å². The van der Waals surface area contributed by atoms with Gasteiger partial charge in [-0.3, -0.25) is 0 Å². The Hall–Kier alpha value is -0.135. The largest absolute Gasteiger partial charge is 0.394 e. The summed E-state index contributed by atoms with van der Waals surface area (Å²) < 4.78 is 4.97. The van der Waals surface area contributed by atoms with Crippen LogP contribution in [0.2, 0.25) is 0 Å². The zero-order valence-electron chi connectivity index (χ0n) is 7.08. The van der Waals surface area contributed by atoms with Crippen molar-refractivity contribution in [3.63, 3.8) is 0 Å². The Morgan fingerprint density at radius 3 is 2.38 bits per heavy atom. The van der Waals surface area contributed by atoms with Crippen molar-refractivity contribution < 1.29 is 25.2 Å². The lowest BCUT2D eigenvalue weighted by Gasteiger charge is -2.23. The van der Waals surface area contributed by atoms with Gasteiger partial charge in [-0.25, -0.2) is 0 Å². The quantitative estimate of drug-likeness (QED) is 0.337. The SMILES string of the molecule is [B]C1C[C@@H](O)[C@@H](O)[C@H](O)[C@@H](CO)O1. The average molecular weight is 188 g/mol. The van der Waals surface area contributed by atoms with E-state index in [-0.39, 0.29) is 6.42 Å². The van der Waals surface area contributed by atoms with Crippen LogP contribution in [0.15, 0.2) is 0 Å². The van der Waals surface area contributed by atoms with E-state index in [1.807, 2.05) is 0 Å². The van der Waals surface area contributed by atoms with E-state index in [1.165, 1.54) is 0 Å². The molecule has 1 unspecified atom stereocenters. The molecule has 1 aliphatic heterocycles. The van der Waals surface area contributed by atoms with Crippen LogP contribution in [0, 0.1) is 0 Å². The fraction of sp³-hybridized carbons (Fsp3) is 1.00. The van der Waals surface area contributed by atoms with Gasteiger partial charge in [-0.1, -0.05) is 0 Å². The molecule has 1 fully saturated rings. The maximum atomic E-state index is 9.36. The van der Waals surface area contributed by atoms with Crippen LogP contribution in [0.5, 0.6) is 0 Å².